The molecule has 4 aromatic rings. The van der Waals surface area contributed by atoms with Gasteiger partial charge in [0, 0.05) is 32.6 Å². The number of carbonyl (C=O) groups excluding carboxylic acids is 1. The molecule has 0 aliphatic carbocycles. The molecule has 7 nitrogen and oxygen atoms in total. The van der Waals surface area contributed by atoms with Crippen molar-refractivity contribution in [3.63, 3.8) is 0 Å². The quantitative estimate of drug-likeness (QED) is 0.116. The number of hydrogen-bond donors (Lipinski definition) is 0. The van der Waals surface area contributed by atoms with E-state index < -0.39 is 19.7 Å². The first-order valence-electron chi connectivity index (χ1n) is 15.8. The Kier molecular flexibility index (Phi) is 12.5. The number of benzene rings is 3. The second-order valence-corrected chi connectivity index (χ2v) is 16.9. The lowest BCUT2D eigenvalue weighted by atomic mass is 9.97. The average Bonchev–Trinajstić information content (AvgIpc) is 3.71. The van der Waals surface area contributed by atoms with E-state index in [1.54, 1.807) is 66.7 Å². The highest BCUT2D eigenvalue weighted by Crippen LogP contribution is 2.41. The summed E-state index contributed by atoms with van der Waals surface area (Å²) in [4.78, 5) is 17.7. The number of thiophene rings is 1. The van der Waals surface area contributed by atoms with Crippen molar-refractivity contribution in [3.8, 4) is 16.2 Å². The summed E-state index contributed by atoms with van der Waals surface area (Å²) in [7, 11) is -6.87. The standard InChI is InChI=1S/C35H41NO6S3.ClH/c1-3-5-23-44(38,39)29-15-11-27(12-16-29)35-33(31-18-17-30(25-32(31)43-35)45(40,41)24-6-4-2)34(37)26-9-13-28(14-10-26)42-22-21-36-19-7-8-20-36;/h9-18,25H,3-8,19-24H2,1-2H3;1H. The van der Waals surface area contributed by atoms with Crippen LogP contribution in [0.5, 0.6) is 5.75 Å². The van der Waals surface area contributed by atoms with E-state index in [1.165, 1.54) is 24.2 Å². The van der Waals surface area contributed by atoms with E-state index in [2.05, 4.69) is 4.90 Å². The Morgan fingerprint density at radius 2 is 1.39 bits per heavy atom. The third-order valence-corrected chi connectivity index (χ3v) is 13.1. The Morgan fingerprint density at radius 3 is 2.00 bits per heavy atom. The molecule has 0 amide bonds. The van der Waals surface area contributed by atoms with Gasteiger partial charge in [-0.1, -0.05) is 44.9 Å². The second-order valence-electron chi connectivity index (χ2n) is 11.6. The number of halogens is 1. The molecule has 248 valence electrons. The summed E-state index contributed by atoms with van der Waals surface area (Å²) in [6.45, 7) is 7.58. The third-order valence-electron chi connectivity index (χ3n) is 8.25. The molecular formula is C35H42ClNO6S3. The third kappa shape index (κ3) is 8.39. The van der Waals surface area contributed by atoms with Crippen LogP contribution in [0.1, 0.15) is 68.3 Å². The number of unbranched alkanes of at least 4 members (excludes halogenated alkanes) is 2. The molecule has 0 unspecified atom stereocenters. The number of sulfone groups is 2. The summed E-state index contributed by atoms with van der Waals surface area (Å²) >= 11 is 1.34. The van der Waals surface area contributed by atoms with E-state index in [1.807, 2.05) is 13.8 Å². The van der Waals surface area contributed by atoms with Crippen molar-refractivity contribution in [3.05, 3.63) is 77.9 Å². The molecule has 2 heterocycles. The fourth-order valence-electron chi connectivity index (χ4n) is 5.56. The van der Waals surface area contributed by atoms with Gasteiger partial charge in [-0.05, 0) is 92.9 Å². The van der Waals surface area contributed by atoms with Crippen LogP contribution in [0.3, 0.4) is 0 Å². The number of likely N-dealkylation sites (tertiary alicyclic amines) is 1. The highest BCUT2D eigenvalue weighted by molar-refractivity contribution is 7.91. The van der Waals surface area contributed by atoms with Gasteiger partial charge in [0.15, 0.2) is 25.5 Å². The van der Waals surface area contributed by atoms with Crippen molar-refractivity contribution in [2.45, 2.75) is 62.2 Å². The molecule has 1 fully saturated rings. The summed E-state index contributed by atoms with van der Waals surface area (Å²) in [6.07, 6.45) is 5.18. The van der Waals surface area contributed by atoms with Crippen LogP contribution in [0.2, 0.25) is 0 Å². The first-order valence-corrected chi connectivity index (χ1v) is 19.9. The van der Waals surface area contributed by atoms with E-state index in [-0.39, 0.29) is 39.5 Å². The van der Waals surface area contributed by atoms with Crippen molar-refractivity contribution in [2.75, 3.05) is 37.7 Å². The molecule has 0 bridgehead atoms. The van der Waals surface area contributed by atoms with Crippen molar-refractivity contribution in [1.82, 2.24) is 4.90 Å². The fourth-order valence-corrected chi connectivity index (χ4v) is 9.81. The predicted octanol–water partition coefficient (Wildman–Crippen LogP) is 7.84. The molecule has 3 aromatic carbocycles. The zero-order valence-corrected chi connectivity index (χ0v) is 29.6. The molecule has 5 rings (SSSR count). The molecule has 0 N–H and O–H groups in total. The summed E-state index contributed by atoms with van der Waals surface area (Å²) in [5.41, 5.74) is 1.66. The molecule has 46 heavy (non-hydrogen) atoms. The maximum Gasteiger partial charge on any atom is 0.195 e. The van der Waals surface area contributed by atoms with Gasteiger partial charge in [0.25, 0.3) is 0 Å². The van der Waals surface area contributed by atoms with Gasteiger partial charge < -0.3 is 4.74 Å². The summed E-state index contributed by atoms with van der Waals surface area (Å²) in [6, 6.07) is 18.7. The number of fused-ring (bicyclic) bond motifs is 1. The van der Waals surface area contributed by atoms with Gasteiger partial charge in [-0.15, -0.1) is 23.7 Å². The van der Waals surface area contributed by atoms with Gasteiger partial charge in [-0.2, -0.15) is 0 Å². The first-order chi connectivity index (χ1) is 21.6. The minimum absolute atomic E-state index is 0. The van der Waals surface area contributed by atoms with Gasteiger partial charge in [-0.25, -0.2) is 16.8 Å². The summed E-state index contributed by atoms with van der Waals surface area (Å²) in [5, 5.41) is 0.667. The van der Waals surface area contributed by atoms with E-state index >= 15 is 0 Å². The van der Waals surface area contributed by atoms with E-state index in [4.69, 9.17) is 4.74 Å². The summed E-state index contributed by atoms with van der Waals surface area (Å²) in [5.74, 6) is 0.659. The number of ketones is 1. The van der Waals surface area contributed by atoms with E-state index in [0.717, 1.165) is 32.5 Å². The van der Waals surface area contributed by atoms with Crippen molar-refractivity contribution in [2.24, 2.45) is 0 Å². The normalized spacial score (nSPS) is 14.0. The molecule has 0 radical (unpaired) electrons. The minimum atomic E-state index is -3.46. The van der Waals surface area contributed by atoms with Gasteiger partial charge in [0.2, 0.25) is 0 Å². The van der Waals surface area contributed by atoms with Crippen molar-refractivity contribution < 1.29 is 26.4 Å². The van der Waals surface area contributed by atoms with Crippen LogP contribution in [0.25, 0.3) is 20.5 Å². The lowest BCUT2D eigenvalue weighted by Crippen LogP contribution is -2.25. The van der Waals surface area contributed by atoms with Crippen LogP contribution in [-0.4, -0.2) is 65.3 Å². The maximum absolute atomic E-state index is 14.1. The van der Waals surface area contributed by atoms with Gasteiger partial charge in [0.1, 0.15) is 12.4 Å². The molecule has 1 saturated heterocycles. The number of ether oxygens (including phenoxy) is 1. The van der Waals surface area contributed by atoms with Crippen LogP contribution in [0, 0.1) is 0 Å². The minimum Gasteiger partial charge on any atom is -0.492 e. The molecule has 0 saturated carbocycles. The van der Waals surface area contributed by atoms with Crippen LogP contribution < -0.4 is 4.74 Å². The molecular weight excluding hydrogens is 662 g/mol. The number of rotatable bonds is 15. The SMILES string of the molecule is CCCCS(=O)(=O)c1ccc(-c2sc3cc(S(=O)(=O)CCCC)ccc3c2C(=O)c2ccc(OCCN3CCCC3)cc2)cc1.Cl. The zero-order valence-electron chi connectivity index (χ0n) is 26.4. The molecule has 1 aliphatic heterocycles. The summed E-state index contributed by atoms with van der Waals surface area (Å²) < 4.78 is 58.2. The fraction of sp³-hybridized carbons (Fsp3) is 0.400. The average molecular weight is 704 g/mol. The van der Waals surface area contributed by atoms with Crippen LogP contribution in [0.15, 0.2) is 76.5 Å². The topological polar surface area (TPSA) is 97.8 Å². The maximum atomic E-state index is 14.1. The Labute approximate surface area is 283 Å². The van der Waals surface area contributed by atoms with E-state index in [9.17, 15) is 21.6 Å². The van der Waals surface area contributed by atoms with Crippen LogP contribution >= 0.6 is 23.7 Å². The number of hydrogen-bond acceptors (Lipinski definition) is 8. The number of nitrogens with zero attached hydrogens (tertiary/aromatic N) is 1. The smallest absolute Gasteiger partial charge is 0.195 e. The lowest BCUT2D eigenvalue weighted by Gasteiger charge is -2.15. The van der Waals surface area contributed by atoms with Gasteiger partial charge in [-0.3, -0.25) is 9.69 Å². The second kappa shape index (κ2) is 15.9. The monoisotopic (exact) mass is 703 g/mol. The largest absolute Gasteiger partial charge is 0.492 e. The lowest BCUT2D eigenvalue weighted by molar-refractivity contribution is 0.104. The Morgan fingerprint density at radius 1 is 0.804 bits per heavy atom. The Hall–Kier alpha value is -2.76. The van der Waals surface area contributed by atoms with Crippen LogP contribution in [-0.2, 0) is 19.7 Å². The first kappa shape index (κ1) is 36.1. The zero-order chi connectivity index (χ0) is 32.0. The highest BCUT2D eigenvalue weighted by atomic mass is 35.5. The van der Waals surface area contributed by atoms with Crippen molar-refractivity contribution >= 4 is 59.3 Å². The Balaban J connectivity index is 0.00000480. The molecule has 1 aromatic heterocycles. The van der Waals surface area contributed by atoms with Gasteiger partial charge in [0.05, 0.1) is 21.3 Å². The van der Waals surface area contributed by atoms with Gasteiger partial charge >= 0.3 is 0 Å². The Bertz CT molecular complexity index is 1840. The van der Waals surface area contributed by atoms with E-state index in [0.29, 0.717) is 56.9 Å². The van der Waals surface area contributed by atoms with Crippen molar-refractivity contribution in [1.29, 1.82) is 0 Å². The number of carbonyl (C=O) groups is 1. The predicted molar refractivity (Wildman–Crippen MR) is 189 cm³/mol. The molecule has 0 atom stereocenters. The molecule has 0 spiro atoms. The molecule has 1 aliphatic rings. The highest BCUT2D eigenvalue weighted by Gasteiger charge is 2.24. The van der Waals surface area contributed by atoms with Crippen LogP contribution in [0.4, 0.5) is 0 Å². The molecule has 11 heteroatoms.